The Hall–Kier alpha value is -2.68. The number of carbonyl (C=O) groups is 1. The van der Waals surface area contributed by atoms with E-state index in [2.05, 4.69) is 14.9 Å². The third-order valence-corrected chi connectivity index (χ3v) is 6.03. The molecule has 1 amide bonds. The van der Waals surface area contributed by atoms with Crippen LogP contribution in [0.25, 0.3) is 11.1 Å². The summed E-state index contributed by atoms with van der Waals surface area (Å²) in [6.45, 7) is 2.79. The van der Waals surface area contributed by atoms with Crippen molar-refractivity contribution in [2.24, 2.45) is 0 Å². The van der Waals surface area contributed by atoms with Gasteiger partial charge in [0.05, 0.1) is 23.8 Å². The molecule has 2 aliphatic heterocycles. The predicted molar refractivity (Wildman–Crippen MR) is 111 cm³/mol. The van der Waals surface area contributed by atoms with Crippen LogP contribution in [-0.4, -0.2) is 51.9 Å². The van der Waals surface area contributed by atoms with Crippen molar-refractivity contribution < 1.29 is 18.0 Å². The molecule has 1 aromatic carbocycles. The van der Waals surface area contributed by atoms with Gasteiger partial charge in [0.15, 0.2) is 0 Å². The molecule has 2 saturated heterocycles. The van der Waals surface area contributed by atoms with Gasteiger partial charge in [0.25, 0.3) is 0 Å². The average Bonchev–Trinajstić information content (AvgIpc) is 3.26. The lowest BCUT2D eigenvalue weighted by atomic mass is 9.93. The fourth-order valence-corrected chi connectivity index (χ4v) is 4.49. The maximum absolute atomic E-state index is 13.3. The lowest BCUT2D eigenvalue weighted by Gasteiger charge is -2.37. The molecule has 0 bridgehead atoms. The highest BCUT2D eigenvalue weighted by Crippen LogP contribution is 2.38. The molecule has 4 rings (SSSR count). The molecule has 1 aromatic heterocycles. The molecule has 2 N–H and O–H groups in total. The van der Waals surface area contributed by atoms with E-state index in [-0.39, 0.29) is 17.9 Å². The molecule has 31 heavy (non-hydrogen) atoms. The van der Waals surface area contributed by atoms with Gasteiger partial charge < -0.3 is 10.6 Å². The van der Waals surface area contributed by atoms with Crippen LogP contribution >= 0.6 is 0 Å². The third kappa shape index (κ3) is 4.81. The zero-order valence-electron chi connectivity index (χ0n) is 17.2. The van der Waals surface area contributed by atoms with Gasteiger partial charge >= 0.3 is 6.18 Å². The SMILES string of the molecule is Nc1ncc(-c2cccc(C(F)(F)F)c2)c(C2CCCCN2C(=O)CN2CCCC2)n1. The normalized spacial score (nSPS) is 20.2. The van der Waals surface area contributed by atoms with Crippen molar-refractivity contribution in [1.82, 2.24) is 19.8 Å². The molecule has 6 nitrogen and oxygen atoms in total. The van der Waals surface area contributed by atoms with E-state index in [1.54, 1.807) is 6.07 Å². The van der Waals surface area contributed by atoms with E-state index in [4.69, 9.17) is 5.73 Å². The monoisotopic (exact) mass is 433 g/mol. The summed E-state index contributed by atoms with van der Waals surface area (Å²) < 4.78 is 39.8. The highest BCUT2D eigenvalue weighted by Gasteiger charge is 2.34. The zero-order chi connectivity index (χ0) is 22.0. The quantitative estimate of drug-likeness (QED) is 0.792. The van der Waals surface area contributed by atoms with Gasteiger partial charge in [-0.05, 0) is 62.9 Å². The number of alkyl halides is 3. The minimum atomic E-state index is -4.45. The van der Waals surface area contributed by atoms with E-state index in [1.165, 1.54) is 12.3 Å². The highest BCUT2D eigenvalue weighted by molar-refractivity contribution is 5.79. The highest BCUT2D eigenvalue weighted by atomic mass is 19.4. The Bertz CT molecular complexity index is 943. The first-order valence-corrected chi connectivity index (χ1v) is 10.6. The second kappa shape index (κ2) is 8.82. The summed E-state index contributed by atoms with van der Waals surface area (Å²) in [4.78, 5) is 25.5. The van der Waals surface area contributed by atoms with Crippen molar-refractivity contribution in [2.75, 3.05) is 31.9 Å². The number of rotatable bonds is 4. The standard InChI is InChI=1S/C22H26F3N5O/c23-22(24,25)16-7-5-6-15(12-16)17-13-27-21(26)28-20(17)18-8-1-2-11-30(18)19(31)14-29-9-3-4-10-29/h5-7,12-13,18H,1-4,8-11,14H2,(H2,26,27,28). The number of hydrogen-bond acceptors (Lipinski definition) is 5. The number of nitrogens with two attached hydrogens (primary N) is 1. The Kier molecular flexibility index (Phi) is 6.13. The molecular weight excluding hydrogens is 407 g/mol. The van der Waals surface area contributed by atoms with Crippen LogP contribution in [0.1, 0.15) is 49.4 Å². The van der Waals surface area contributed by atoms with E-state index in [1.807, 2.05) is 4.90 Å². The molecule has 1 atom stereocenters. The third-order valence-electron chi connectivity index (χ3n) is 6.03. The predicted octanol–water partition coefficient (Wildman–Crippen LogP) is 3.89. The largest absolute Gasteiger partial charge is 0.416 e. The number of hydrogen-bond donors (Lipinski definition) is 1. The average molecular weight is 433 g/mol. The number of nitrogens with zero attached hydrogens (tertiary/aromatic N) is 4. The Morgan fingerprint density at radius 3 is 2.61 bits per heavy atom. The Morgan fingerprint density at radius 2 is 1.87 bits per heavy atom. The van der Waals surface area contributed by atoms with E-state index >= 15 is 0 Å². The van der Waals surface area contributed by atoms with Crippen LogP contribution in [-0.2, 0) is 11.0 Å². The van der Waals surface area contributed by atoms with Crippen LogP contribution in [0.3, 0.4) is 0 Å². The van der Waals surface area contributed by atoms with E-state index in [0.717, 1.165) is 50.9 Å². The molecule has 166 valence electrons. The van der Waals surface area contributed by atoms with Crippen LogP contribution in [0, 0.1) is 0 Å². The fourth-order valence-electron chi connectivity index (χ4n) is 4.49. The summed E-state index contributed by atoms with van der Waals surface area (Å²) in [5.41, 5.74) is 6.47. The number of anilines is 1. The van der Waals surface area contributed by atoms with E-state index in [0.29, 0.717) is 36.3 Å². The molecule has 0 saturated carbocycles. The molecule has 0 radical (unpaired) electrons. The summed E-state index contributed by atoms with van der Waals surface area (Å²) >= 11 is 0. The first-order valence-electron chi connectivity index (χ1n) is 10.6. The van der Waals surface area contributed by atoms with Crippen molar-refractivity contribution >= 4 is 11.9 Å². The first kappa shape index (κ1) is 21.5. The van der Waals surface area contributed by atoms with E-state index < -0.39 is 11.7 Å². The van der Waals surface area contributed by atoms with Gasteiger partial charge in [-0.2, -0.15) is 13.2 Å². The summed E-state index contributed by atoms with van der Waals surface area (Å²) in [6, 6.07) is 4.77. The van der Waals surface area contributed by atoms with Crippen LogP contribution in [0.5, 0.6) is 0 Å². The summed E-state index contributed by atoms with van der Waals surface area (Å²) in [5, 5.41) is 0. The molecule has 0 spiro atoms. The molecule has 1 unspecified atom stereocenters. The smallest absolute Gasteiger partial charge is 0.368 e. The second-order valence-electron chi connectivity index (χ2n) is 8.19. The Morgan fingerprint density at radius 1 is 1.13 bits per heavy atom. The fraction of sp³-hybridized carbons (Fsp3) is 0.500. The van der Waals surface area contributed by atoms with Gasteiger partial charge in [-0.25, -0.2) is 9.97 Å². The second-order valence-corrected chi connectivity index (χ2v) is 8.19. The maximum Gasteiger partial charge on any atom is 0.416 e. The summed E-state index contributed by atoms with van der Waals surface area (Å²) in [6.07, 6.45) is 1.69. The molecule has 0 aliphatic carbocycles. The van der Waals surface area contributed by atoms with Gasteiger partial charge in [0.1, 0.15) is 0 Å². The van der Waals surface area contributed by atoms with Gasteiger partial charge in [0.2, 0.25) is 11.9 Å². The minimum Gasteiger partial charge on any atom is -0.368 e. The van der Waals surface area contributed by atoms with Crippen molar-refractivity contribution in [1.29, 1.82) is 0 Å². The van der Waals surface area contributed by atoms with Crippen molar-refractivity contribution in [3.8, 4) is 11.1 Å². The van der Waals surface area contributed by atoms with Crippen molar-refractivity contribution in [2.45, 2.75) is 44.3 Å². The van der Waals surface area contributed by atoms with Gasteiger partial charge in [-0.15, -0.1) is 0 Å². The summed E-state index contributed by atoms with van der Waals surface area (Å²) in [5.74, 6) is 0.0713. The lowest BCUT2D eigenvalue weighted by molar-refractivity contribution is -0.137. The van der Waals surface area contributed by atoms with Crippen molar-refractivity contribution in [3.05, 3.63) is 41.7 Å². The van der Waals surface area contributed by atoms with Crippen LogP contribution in [0.2, 0.25) is 0 Å². The number of piperidine rings is 1. The number of amides is 1. The number of aromatic nitrogens is 2. The summed E-state index contributed by atoms with van der Waals surface area (Å²) in [7, 11) is 0. The van der Waals surface area contributed by atoms with Crippen LogP contribution < -0.4 is 5.73 Å². The zero-order valence-corrected chi connectivity index (χ0v) is 17.2. The van der Waals surface area contributed by atoms with Gasteiger partial charge in [-0.1, -0.05) is 12.1 Å². The molecule has 2 fully saturated rings. The minimum absolute atomic E-state index is 0.0266. The lowest BCUT2D eigenvalue weighted by Crippen LogP contribution is -2.44. The number of halogens is 3. The Labute approximate surface area is 179 Å². The van der Waals surface area contributed by atoms with Crippen LogP contribution in [0.4, 0.5) is 19.1 Å². The number of nitrogen functional groups attached to an aromatic ring is 1. The topological polar surface area (TPSA) is 75.3 Å². The van der Waals surface area contributed by atoms with Gasteiger partial charge in [-0.3, -0.25) is 9.69 Å². The first-order chi connectivity index (χ1) is 14.8. The molecule has 9 heteroatoms. The van der Waals surface area contributed by atoms with Gasteiger partial charge in [0, 0.05) is 18.3 Å². The molecule has 2 aliphatic rings. The number of benzene rings is 1. The van der Waals surface area contributed by atoms with E-state index in [9.17, 15) is 18.0 Å². The van der Waals surface area contributed by atoms with Crippen molar-refractivity contribution in [3.63, 3.8) is 0 Å². The molecular formula is C22H26F3N5O. The van der Waals surface area contributed by atoms with Crippen LogP contribution in [0.15, 0.2) is 30.5 Å². The molecule has 2 aromatic rings. The maximum atomic E-state index is 13.3. The number of carbonyl (C=O) groups excluding carboxylic acids is 1. The number of likely N-dealkylation sites (tertiary alicyclic amines) is 2. The Balaban J connectivity index is 1.69. The molecule has 3 heterocycles.